The predicted octanol–water partition coefficient (Wildman–Crippen LogP) is 3.69. The second-order valence-corrected chi connectivity index (χ2v) is 5.92. The van der Waals surface area contributed by atoms with Crippen LogP contribution in [0.5, 0.6) is 0 Å². The number of rotatable bonds is 5. The lowest BCUT2D eigenvalue weighted by Crippen LogP contribution is -2.31. The van der Waals surface area contributed by atoms with Gasteiger partial charge >= 0.3 is 0 Å². The van der Waals surface area contributed by atoms with Gasteiger partial charge in [0.25, 0.3) is 5.91 Å². The van der Waals surface area contributed by atoms with E-state index in [2.05, 4.69) is 12.2 Å². The summed E-state index contributed by atoms with van der Waals surface area (Å²) in [5.41, 5.74) is 2.87. The fraction of sp³-hybridized carbons (Fsp3) is 0.588. The average Bonchev–Trinajstić information content (AvgIpc) is 2.93. The Morgan fingerprint density at radius 3 is 2.70 bits per heavy atom. The third-order valence-corrected chi connectivity index (χ3v) is 4.13. The molecular formula is C17H26N2O. The summed E-state index contributed by atoms with van der Waals surface area (Å²) < 4.78 is 0. The molecule has 1 aliphatic rings. The SMILES string of the molecule is CCNc1ccc(C)cc1C(=O)N(C)CC1CCCC1. The van der Waals surface area contributed by atoms with Crippen LogP contribution in [0.2, 0.25) is 0 Å². The zero-order chi connectivity index (χ0) is 14.5. The number of nitrogens with zero attached hydrogens (tertiary/aromatic N) is 1. The first-order valence-electron chi connectivity index (χ1n) is 7.71. The summed E-state index contributed by atoms with van der Waals surface area (Å²) in [7, 11) is 1.93. The molecule has 3 heteroatoms. The van der Waals surface area contributed by atoms with Crippen molar-refractivity contribution in [3.8, 4) is 0 Å². The number of hydrogen-bond acceptors (Lipinski definition) is 2. The maximum absolute atomic E-state index is 12.7. The molecule has 0 spiro atoms. The molecule has 1 N–H and O–H groups in total. The highest BCUT2D eigenvalue weighted by molar-refractivity contribution is 5.99. The first-order valence-corrected chi connectivity index (χ1v) is 7.71. The van der Waals surface area contributed by atoms with Gasteiger partial charge in [-0.25, -0.2) is 0 Å². The largest absolute Gasteiger partial charge is 0.385 e. The van der Waals surface area contributed by atoms with Crippen LogP contribution in [0.25, 0.3) is 0 Å². The molecule has 1 fully saturated rings. The van der Waals surface area contributed by atoms with Crippen molar-refractivity contribution in [2.24, 2.45) is 5.92 Å². The van der Waals surface area contributed by atoms with Crippen LogP contribution in [0.3, 0.4) is 0 Å². The van der Waals surface area contributed by atoms with Crippen LogP contribution in [-0.4, -0.2) is 30.9 Å². The smallest absolute Gasteiger partial charge is 0.255 e. The van der Waals surface area contributed by atoms with Crippen LogP contribution in [-0.2, 0) is 0 Å². The maximum Gasteiger partial charge on any atom is 0.255 e. The Hall–Kier alpha value is -1.51. The predicted molar refractivity (Wildman–Crippen MR) is 84.3 cm³/mol. The minimum absolute atomic E-state index is 0.136. The van der Waals surface area contributed by atoms with Crippen LogP contribution < -0.4 is 5.32 Å². The molecule has 0 aliphatic heterocycles. The molecule has 1 aliphatic carbocycles. The van der Waals surface area contributed by atoms with E-state index < -0.39 is 0 Å². The normalized spacial score (nSPS) is 15.3. The third kappa shape index (κ3) is 3.53. The van der Waals surface area contributed by atoms with Gasteiger partial charge in [0.15, 0.2) is 0 Å². The van der Waals surface area contributed by atoms with Crippen molar-refractivity contribution >= 4 is 11.6 Å². The van der Waals surface area contributed by atoms with Crippen molar-refractivity contribution in [3.63, 3.8) is 0 Å². The van der Waals surface area contributed by atoms with Crippen molar-refractivity contribution in [3.05, 3.63) is 29.3 Å². The molecule has 1 aromatic rings. The molecule has 1 saturated carbocycles. The Kier molecular flexibility index (Phi) is 5.05. The number of carbonyl (C=O) groups excluding carboxylic acids is 1. The lowest BCUT2D eigenvalue weighted by Gasteiger charge is -2.22. The molecule has 0 unspecified atom stereocenters. The minimum atomic E-state index is 0.136. The van der Waals surface area contributed by atoms with E-state index >= 15 is 0 Å². The Balaban J connectivity index is 2.11. The average molecular weight is 274 g/mol. The molecule has 0 aromatic heterocycles. The zero-order valence-electron chi connectivity index (χ0n) is 12.9. The second-order valence-electron chi connectivity index (χ2n) is 5.92. The summed E-state index contributed by atoms with van der Waals surface area (Å²) in [4.78, 5) is 14.6. The van der Waals surface area contributed by atoms with Gasteiger partial charge in [-0.2, -0.15) is 0 Å². The summed E-state index contributed by atoms with van der Waals surface area (Å²) in [6.45, 7) is 5.80. The van der Waals surface area contributed by atoms with Gasteiger partial charge in [-0.1, -0.05) is 24.5 Å². The third-order valence-electron chi connectivity index (χ3n) is 4.13. The lowest BCUT2D eigenvalue weighted by molar-refractivity contribution is 0.0774. The topological polar surface area (TPSA) is 32.3 Å². The van der Waals surface area contributed by atoms with Crippen LogP contribution in [0.15, 0.2) is 18.2 Å². The van der Waals surface area contributed by atoms with Crippen molar-refractivity contribution in [2.45, 2.75) is 39.5 Å². The van der Waals surface area contributed by atoms with Gasteiger partial charge in [-0.05, 0) is 44.7 Å². The Morgan fingerprint density at radius 2 is 2.05 bits per heavy atom. The number of hydrogen-bond donors (Lipinski definition) is 1. The van der Waals surface area contributed by atoms with Crippen LogP contribution in [0, 0.1) is 12.8 Å². The zero-order valence-corrected chi connectivity index (χ0v) is 12.9. The fourth-order valence-electron chi connectivity index (χ4n) is 3.05. The van der Waals surface area contributed by atoms with Crippen molar-refractivity contribution < 1.29 is 4.79 Å². The monoisotopic (exact) mass is 274 g/mol. The highest BCUT2D eigenvalue weighted by atomic mass is 16.2. The Bertz CT molecular complexity index is 464. The first-order chi connectivity index (χ1) is 9.61. The van der Waals surface area contributed by atoms with E-state index in [0.29, 0.717) is 5.92 Å². The van der Waals surface area contributed by atoms with Crippen molar-refractivity contribution in [2.75, 3.05) is 25.5 Å². The van der Waals surface area contributed by atoms with E-state index in [1.54, 1.807) is 0 Å². The second kappa shape index (κ2) is 6.78. The molecule has 0 heterocycles. The molecule has 1 amide bonds. The van der Waals surface area contributed by atoms with Crippen LogP contribution >= 0.6 is 0 Å². The van der Waals surface area contributed by atoms with E-state index in [-0.39, 0.29) is 5.91 Å². The van der Waals surface area contributed by atoms with Crippen molar-refractivity contribution in [1.29, 1.82) is 0 Å². The quantitative estimate of drug-likeness (QED) is 0.888. The molecule has 20 heavy (non-hydrogen) atoms. The minimum Gasteiger partial charge on any atom is -0.385 e. The van der Waals surface area contributed by atoms with E-state index in [0.717, 1.165) is 29.9 Å². The molecule has 110 valence electrons. The van der Waals surface area contributed by atoms with E-state index in [9.17, 15) is 4.79 Å². The van der Waals surface area contributed by atoms with Crippen LogP contribution in [0.1, 0.15) is 48.5 Å². The van der Waals surface area contributed by atoms with E-state index in [4.69, 9.17) is 0 Å². The molecule has 0 atom stereocenters. The first kappa shape index (κ1) is 14.9. The lowest BCUT2D eigenvalue weighted by atomic mass is 10.1. The highest BCUT2D eigenvalue weighted by Crippen LogP contribution is 2.26. The van der Waals surface area contributed by atoms with Gasteiger partial charge in [-0.3, -0.25) is 4.79 Å². The molecule has 3 nitrogen and oxygen atoms in total. The number of amides is 1. The summed E-state index contributed by atoms with van der Waals surface area (Å²) >= 11 is 0. The van der Waals surface area contributed by atoms with Gasteiger partial charge in [0.2, 0.25) is 0 Å². The van der Waals surface area contributed by atoms with Gasteiger partial charge in [0.1, 0.15) is 0 Å². The Morgan fingerprint density at radius 1 is 1.35 bits per heavy atom. The van der Waals surface area contributed by atoms with Gasteiger partial charge < -0.3 is 10.2 Å². The van der Waals surface area contributed by atoms with Gasteiger partial charge in [-0.15, -0.1) is 0 Å². The van der Waals surface area contributed by atoms with Gasteiger partial charge in [0, 0.05) is 25.8 Å². The number of nitrogens with one attached hydrogen (secondary N) is 1. The maximum atomic E-state index is 12.7. The molecular weight excluding hydrogens is 248 g/mol. The summed E-state index contributed by atoms with van der Waals surface area (Å²) in [6, 6.07) is 6.05. The molecule has 0 radical (unpaired) electrons. The highest BCUT2D eigenvalue weighted by Gasteiger charge is 2.21. The van der Waals surface area contributed by atoms with E-state index in [1.165, 1.54) is 25.7 Å². The van der Waals surface area contributed by atoms with Gasteiger partial charge in [0.05, 0.1) is 5.56 Å². The number of benzene rings is 1. The van der Waals surface area contributed by atoms with Crippen molar-refractivity contribution in [1.82, 2.24) is 4.90 Å². The molecule has 0 bridgehead atoms. The van der Waals surface area contributed by atoms with E-state index in [1.807, 2.05) is 37.1 Å². The number of anilines is 1. The Labute approximate surface area is 122 Å². The molecule has 0 saturated heterocycles. The number of aryl methyl sites for hydroxylation is 1. The summed E-state index contributed by atoms with van der Waals surface area (Å²) in [5.74, 6) is 0.827. The fourth-order valence-corrected chi connectivity index (χ4v) is 3.05. The molecule has 2 rings (SSSR count). The molecule has 1 aromatic carbocycles. The van der Waals surface area contributed by atoms with Crippen LogP contribution in [0.4, 0.5) is 5.69 Å². The standard InChI is InChI=1S/C17H26N2O/c1-4-18-16-10-9-13(2)11-15(16)17(20)19(3)12-14-7-5-6-8-14/h9-11,14,18H,4-8,12H2,1-3H3. The summed E-state index contributed by atoms with van der Waals surface area (Å²) in [6.07, 6.45) is 5.18. The summed E-state index contributed by atoms with van der Waals surface area (Å²) in [5, 5.41) is 3.29. The number of carbonyl (C=O) groups is 1.